The van der Waals surface area contributed by atoms with Crippen LogP contribution < -0.4 is 11.1 Å². The molecule has 106 valence electrons. The smallest absolute Gasteiger partial charge is 0.337 e. The van der Waals surface area contributed by atoms with E-state index in [1.165, 1.54) is 7.11 Å². The van der Waals surface area contributed by atoms with Gasteiger partial charge in [-0.25, -0.2) is 9.78 Å². The van der Waals surface area contributed by atoms with Gasteiger partial charge in [0.2, 0.25) is 5.89 Å². The number of methoxy groups -OCH3 is 1. The van der Waals surface area contributed by atoms with Crippen LogP contribution in [-0.4, -0.2) is 18.1 Å². The highest BCUT2D eigenvalue weighted by Crippen LogP contribution is 2.21. The van der Waals surface area contributed by atoms with E-state index in [0.717, 1.165) is 11.5 Å². The Hall–Kier alpha value is -2.50. The summed E-state index contributed by atoms with van der Waals surface area (Å²) in [5.41, 5.74) is 8.34. The summed E-state index contributed by atoms with van der Waals surface area (Å²) in [6.07, 6.45) is 0. The Balaban J connectivity index is 2.14. The Labute approximate surface area is 116 Å². The van der Waals surface area contributed by atoms with Crippen LogP contribution in [0.15, 0.2) is 22.6 Å². The quantitative estimate of drug-likeness (QED) is 0.657. The second kappa shape index (κ2) is 5.64. The molecule has 0 amide bonds. The summed E-state index contributed by atoms with van der Waals surface area (Å²) in [5, 5.41) is 3.10. The monoisotopic (exact) mass is 275 g/mol. The molecule has 1 aromatic carbocycles. The van der Waals surface area contributed by atoms with Gasteiger partial charge in [0.05, 0.1) is 36.3 Å². The molecule has 0 saturated carbocycles. The van der Waals surface area contributed by atoms with E-state index in [1.54, 1.807) is 18.2 Å². The Bertz CT molecular complexity index is 615. The van der Waals surface area contributed by atoms with Crippen LogP contribution in [0.4, 0.5) is 11.4 Å². The third-order valence-electron chi connectivity index (χ3n) is 2.98. The zero-order chi connectivity index (χ0) is 14.7. The minimum Gasteiger partial charge on any atom is -0.465 e. The molecule has 0 bridgehead atoms. The summed E-state index contributed by atoms with van der Waals surface area (Å²) in [5.74, 6) is 0.955. The number of carbonyl (C=O) groups is 1. The van der Waals surface area contributed by atoms with Crippen molar-refractivity contribution >= 4 is 17.3 Å². The predicted octanol–water partition coefficient (Wildman–Crippen LogP) is 2.27. The molecule has 3 N–H and O–H groups in total. The van der Waals surface area contributed by atoms with Crippen LogP contribution in [0.3, 0.4) is 0 Å². The average molecular weight is 275 g/mol. The number of hydrogen-bond acceptors (Lipinski definition) is 6. The third kappa shape index (κ3) is 2.90. The number of anilines is 2. The number of aryl methyl sites for hydroxylation is 2. The van der Waals surface area contributed by atoms with E-state index in [0.29, 0.717) is 29.4 Å². The molecular formula is C14H17N3O3. The number of ether oxygens (including phenoxy) is 1. The number of nitrogen functional groups attached to an aromatic ring is 1. The molecule has 0 atom stereocenters. The minimum absolute atomic E-state index is 0.392. The number of hydrogen-bond donors (Lipinski definition) is 2. The Morgan fingerprint density at radius 1 is 1.45 bits per heavy atom. The first-order valence-electron chi connectivity index (χ1n) is 6.16. The van der Waals surface area contributed by atoms with Gasteiger partial charge in [0.25, 0.3) is 0 Å². The number of carbonyl (C=O) groups excluding carboxylic acids is 1. The number of esters is 1. The first kappa shape index (κ1) is 13.9. The molecule has 0 radical (unpaired) electrons. The molecule has 0 unspecified atom stereocenters. The maximum Gasteiger partial charge on any atom is 0.337 e. The van der Waals surface area contributed by atoms with Crippen LogP contribution >= 0.6 is 0 Å². The van der Waals surface area contributed by atoms with Crippen molar-refractivity contribution in [1.29, 1.82) is 0 Å². The van der Waals surface area contributed by atoms with E-state index >= 15 is 0 Å². The van der Waals surface area contributed by atoms with Crippen LogP contribution in [0.25, 0.3) is 0 Å². The van der Waals surface area contributed by atoms with E-state index in [-0.39, 0.29) is 0 Å². The summed E-state index contributed by atoms with van der Waals surface area (Å²) in [4.78, 5) is 15.7. The van der Waals surface area contributed by atoms with Crippen LogP contribution in [0.1, 0.15) is 27.7 Å². The number of benzene rings is 1. The van der Waals surface area contributed by atoms with E-state index in [2.05, 4.69) is 15.0 Å². The van der Waals surface area contributed by atoms with Gasteiger partial charge in [-0.2, -0.15) is 0 Å². The Kier molecular flexibility index (Phi) is 3.93. The number of nitrogens with two attached hydrogens (primary N) is 1. The second-order valence-electron chi connectivity index (χ2n) is 4.40. The van der Waals surface area contributed by atoms with Crippen molar-refractivity contribution in [3.8, 4) is 0 Å². The lowest BCUT2D eigenvalue weighted by molar-refractivity contribution is 0.0601. The summed E-state index contributed by atoms with van der Waals surface area (Å²) in [7, 11) is 1.34. The van der Waals surface area contributed by atoms with E-state index in [9.17, 15) is 4.79 Å². The lowest BCUT2D eigenvalue weighted by Gasteiger charge is -2.09. The van der Waals surface area contributed by atoms with Crippen molar-refractivity contribution in [1.82, 2.24) is 4.98 Å². The highest BCUT2D eigenvalue weighted by atomic mass is 16.5. The summed E-state index contributed by atoms with van der Waals surface area (Å²) >= 11 is 0. The fourth-order valence-electron chi connectivity index (χ4n) is 1.74. The second-order valence-corrected chi connectivity index (χ2v) is 4.40. The standard InChI is InChI=1S/C14H17N3O3/c1-8-9(2)20-13(17-8)7-16-12-6-10(14(18)19-3)4-5-11(12)15/h4-6,16H,7,15H2,1-3H3. The molecular weight excluding hydrogens is 258 g/mol. The Morgan fingerprint density at radius 3 is 2.80 bits per heavy atom. The number of aromatic nitrogens is 1. The predicted molar refractivity (Wildman–Crippen MR) is 75.5 cm³/mol. The topological polar surface area (TPSA) is 90.4 Å². The lowest BCUT2D eigenvalue weighted by Crippen LogP contribution is -2.06. The zero-order valence-electron chi connectivity index (χ0n) is 11.7. The fourth-order valence-corrected chi connectivity index (χ4v) is 1.74. The largest absolute Gasteiger partial charge is 0.465 e. The van der Waals surface area contributed by atoms with Gasteiger partial charge >= 0.3 is 5.97 Å². The summed E-state index contributed by atoms with van der Waals surface area (Å²) in [6, 6.07) is 4.91. The van der Waals surface area contributed by atoms with Crippen molar-refractivity contribution in [3.63, 3.8) is 0 Å². The number of nitrogens with zero attached hydrogens (tertiary/aromatic N) is 1. The molecule has 1 aromatic heterocycles. The molecule has 1 heterocycles. The normalized spacial score (nSPS) is 10.3. The van der Waals surface area contributed by atoms with Gasteiger partial charge in [0.1, 0.15) is 5.76 Å². The number of nitrogens with one attached hydrogen (secondary N) is 1. The molecule has 0 fully saturated rings. The van der Waals surface area contributed by atoms with Crippen molar-refractivity contribution in [2.24, 2.45) is 0 Å². The maximum absolute atomic E-state index is 11.5. The fraction of sp³-hybridized carbons (Fsp3) is 0.286. The molecule has 0 saturated heterocycles. The molecule has 6 heteroatoms. The molecule has 2 aromatic rings. The molecule has 0 aliphatic heterocycles. The van der Waals surface area contributed by atoms with Gasteiger partial charge in [-0.05, 0) is 32.0 Å². The third-order valence-corrected chi connectivity index (χ3v) is 2.98. The minimum atomic E-state index is -0.407. The van der Waals surface area contributed by atoms with Gasteiger partial charge in [0, 0.05) is 0 Å². The van der Waals surface area contributed by atoms with Crippen LogP contribution in [0.5, 0.6) is 0 Å². The van der Waals surface area contributed by atoms with E-state index in [4.69, 9.17) is 10.2 Å². The highest BCUT2D eigenvalue weighted by molar-refractivity contribution is 5.91. The maximum atomic E-state index is 11.5. The molecule has 0 aliphatic carbocycles. The lowest BCUT2D eigenvalue weighted by atomic mass is 10.1. The van der Waals surface area contributed by atoms with Gasteiger partial charge in [-0.3, -0.25) is 0 Å². The van der Waals surface area contributed by atoms with Gasteiger partial charge in [0.15, 0.2) is 0 Å². The SMILES string of the molecule is COC(=O)c1ccc(N)c(NCc2nc(C)c(C)o2)c1. The summed E-state index contributed by atoms with van der Waals surface area (Å²) < 4.78 is 10.1. The molecule has 0 spiro atoms. The van der Waals surface area contributed by atoms with Crippen LogP contribution in [0, 0.1) is 13.8 Å². The van der Waals surface area contributed by atoms with E-state index < -0.39 is 5.97 Å². The summed E-state index contributed by atoms with van der Waals surface area (Å²) in [6.45, 7) is 4.14. The van der Waals surface area contributed by atoms with E-state index in [1.807, 2.05) is 13.8 Å². The molecule has 6 nitrogen and oxygen atoms in total. The van der Waals surface area contributed by atoms with Crippen molar-refractivity contribution in [3.05, 3.63) is 41.1 Å². The van der Waals surface area contributed by atoms with Crippen molar-refractivity contribution in [2.45, 2.75) is 20.4 Å². The zero-order valence-corrected chi connectivity index (χ0v) is 11.7. The van der Waals surface area contributed by atoms with Crippen LogP contribution in [0.2, 0.25) is 0 Å². The first-order chi connectivity index (χ1) is 9.51. The molecule has 2 rings (SSSR count). The van der Waals surface area contributed by atoms with Gasteiger partial charge < -0.3 is 20.2 Å². The van der Waals surface area contributed by atoms with Crippen molar-refractivity contribution < 1.29 is 13.9 Å². The average Bonchev–Trinajstić information content (AvgIpc) is 2.76. The first-order valence-corrected chi connectivity index (χ1v) is 6.16. The van der Waals surface area contributed by atoms with Gasteiger partial charge in [-0.1, -0.05) is 0 Å². The highest BCUT2D eigenvalue weighted by Gasteiger charge is 2.10. The van der Waals surface area contributed by atoms with Crippen molar-refractivity contribution in [2.75, 3.05) is 18.2 Å². The number of oxazole rings is 1. The van der Waals surface area contributed by atoms with Crippen LogP contribution in [-0.2, 0) is 11.3 Å². The molecule has 20 heavy (non-hydrogen) atoms. The number of rotatable bonds is 4. The Morgan fingerprint density at radius 2 is 2.20 bits per heavy atom. The van der Waals surface area contributed by atoms with Gasteiger partial charge in [-0.15, -0.1) is 0 Å². The molecule has 0 aliphatic rings.